The molecule has 0 N–H and O–H groups in total. The number of ketones is 1. The number of hydrogen-bond acceptors (Lipinski definition) is 2. The molecule has 1 fully saturated rings. The van der Waals surface area contributed by atoms with Gasteiger partial charge in [-0.15, -0.1) is 0 Å². The Kier molecular flexibility index (Phi) is 2.65. The number of fused-ring (bicyclic) bond motifs is 1. The smallest absolute Gasteiger partial charge is 0.299 e. The van der Waals surface area contributed by atoms with E-state index in [2.05, 4.69) is 0 Å². The Labute approximate surface area is 105 Å². The molecule has 1 aliphatic carbocycles. The van der Waals surface area contributed by atoms with Gasteiger partial charge in [0.1, 0.15) is 5.82 Å². The summed E-state index contributed by atoms with van der Waals surface area (Å²) in [7, 11) is 0. The van der Waals surface area contributed by atoms with E-state index >= 15 is 0 Å². The summed E-state index contributed by atoms with van der Waals surface area (Å²) in [4.78, 5) is 25.0. The van der Waals surface area contributed by atoms with E-state index in [1.807, 2.05) is 0 Å². The monoisotopic (exact) mass is 247 g/mol. The lowest BCUT2D eigenvalue weighted by Crippen LogP contribution is -2.34. The van der Waals surface area contributed by atoms with Crippen LogP contribution in [0.2, 0.25) is 0 Å². The highest BCUT2D eigenvalue weighted by Gasteiger charge is 2.39. The first-order valence-electron chi connectivity index (χ1n) is 6.33. The lowest BCUT2D eigenvalue weighted by Gasteiger charge is -2.20. The number of amides is 1. The molecule has 0 aromatic heterocycles. The lowest BCUT2D eigenvalue weighted by molar-refractivity contribution is -0.114. The van der Waals surface area contributed by atoms with E-state index in [1.165, 1.54) is 23.1 Å². The summed E-state index contributed by atoms with van der Waals surface area (Å²) in [6, 6.07) is 4.29. The first kappa shape index (κ1) is 11.4. The second-order valence-corrected chi connectivity index (χ2v) is 5.03. The van der Waals surface area contributed by atoms with E-state index in [9.17, 15) is 14.0 Å². The maximum Gasteiger partial charge on any atom is 0.299 e. The zero-order valence-corrected chi connectivity index (χ0v) is 9.99. The average molecular weight is 247 g/mol. The molecule has 1 aromatic rings. The second kappa shape index (κ2) is 4.19. The fraction of sp³-hybridized carbons (Fsp3) is 0.429. The van der Waals surface area contributed by atoms with Crippen molar-refractivity contribution in [3.8, 4) is 0 Å². The fourth-order valence-corrected chi connectivity index (χ4v) is 2.94. The molecule has 1 aromatic carbocycles. The molecule has 1 saturated carbocycles. The van der Waals surface area contributed by atoms with E-state index in [0.29, 0.717) is 12.5 Å². The standard InChI is InChI=1S/C14H14FNO2/c15-11-7-3-6-10-12(11)16(14(18)13(10)17)8-9-4-1-2-5-9/h3,6-7,9H,1-2,4-5,8H2. The molecule has 3 rings (SSSR count). The van der Waals surface area contributed by atoms with Gasteiger partial charge in [0.15, 0.2) is 0 Å². The third kappa shape index (κ3) is 1.64. The summed E-state index contributed by atoms with van der Waals surface area (Å²) in [6.45, 7) is 0.471. The predicted molar refractivity (Wildman–Crippen MR) is 65.0 cm³/mol. The number of anilines is 1. The summed E-state index contributed by atoms with van der Waals surface area (Å²) in [5.74, 6) is -1.25. The molecule has 0 saturated heterocycles. The number of para-hydroxylation sites is 1. The Morgan fingerprint density at radius 3 is 2.67 bits per heavy atom. The maximum absolute atomic E-state index is 13.8. The number of hydrogen-bond donors (Lipinski definition) is 0. The Morgan fingerprint density at radius 1 is 1.22 bits per heavy atom. The van der Waals surface area contributed by atoms with Crippen LogP contribution in [-0.4, -0.2) is 18.2 Å². The minimum absolute atomic E-state index is 0.180. The van der Waals surface area contributed by atoms with Gasteiger partial charge in [-0.2, -0.15) is 0 Å². The van der Waals surface area contributed by atoms with Crippen LogP contribution in [0.25, 0.3) is 0 Å². The zero-order valence-electron chi connectivity index (χ0n) is 9.99. The minimum Gasteiger partial charge on any atom is -0.302 e. The second-order valence-electron chi connectivity index (χ2n) is 5.03. The number of carbonyl (C=O) groups excluding carboxylic acids is 2. The van der Waals surface area contributed by atoms with Crippen molar-refractivity contribution in [2.75, 3.05) is 11.4 Å². The number of Topliss-reactive ketones (excluding diaryl/α,β-unsaturated/α-hetero) is 1. The number of carbonyl (C=O) groups is 2. The molecule has 1 heterocycles. The molecule has 0 unspecified atom stereocenters. The van der Waals surface area contributed by atoms with Crippen molar-refractivity contribution in [2.45, 2.75) is 25.7 Å². The van der Waals surface area contributed by atoms with E-state index in [1.54, 1.807) is 0 Å². The van der Waals surface area contributed by atoms with Crippen molar-refractivity contribution < 1.29 is 14.0 Å². The van der Waals surface area contributed by atoms with E-state index < -0.39 is 17.5 Å². The van der Waals surface area contributed by atoms with Gasteiger partial charge in [0.2, 0.25) is 0 Å². The normalized spacial score (nSPS) is 19.7. The summed E-state index contributed by atoms with van der Waals surface area (Å²) in [6.07, 6.45) is 4.43. The van der Waals surface area contributed by atoms with Crippen molar-refractivity contribution in [3.05, 3.63) is 29.6 Å². The average Bonchev–Trinajstić information content (AvgIpc) is 2.94. The van der Waals surface area contributed by atoms with Crippen molar-refractivity contribution in [2.24, 2.45) is 5.92 Å². The van der Waals surface area contributed by atoms with Crippen molar-refractivity contribution in [1.82, 2.24) is 0 Å². The summed E-state index contributed by atoms with van der Waals surface area (Å²) in [5.41, 5.74) is 0.386. The quantitative estimate of drug-likeness (QED) is 0.753. The molecule has 0 radical (unpaired) electrons. The van der Waals surface area contributed by atoms with Crippen LogP contribution in [0.1, 0.15) is 36.0 Å². The molecule has 4 heteroatoms. The van der Waals surface area contributed by atoms with Gasteiger partial charge in [-0.3, -0.25) is 9.59 Å². The highest BCUT2D eigenvalue weighted by atomic mass is 19.1. The zero-order chi connectivity index (χ0) is 12.7. The van der Waals surface area contributed by atoms with Crippen molar-refractivity contribution >= 4 is 17.4 Å². The molecular formula is C14H14FNO2. The number of nitrogens with zero attached hydrogens (tertiary/aromatic N) is 1. The van der Waals surface area contributed by atoms with Crippen LogP contribution in [0.3, 0.4) is 0 Å². The Hall–Kier alpha value is -1.71. The number of rotatable bonds is 2. The highest BCUT2D eigenvalue weighted by molar-refractivity contribution is 6.52. The van der Waals surface area contributed by atoms with Gasteiger partial charge in [-0.05, 0) is 30.9 Å². The molecule has 3 nitrogen and oxygen atoms in total. The molecule has 0 spiro atoms. The Balaban J connectivity index is 1.96. The van der Waals surface area contributed by atoms with Crippen LogP contribution in [0.15, 0.2) is 18.2 Å². The molecular weight excluding hydrogens is 233 g/mol. The van der Waals surface area contributed by atoms with Crippen LogP contribution in [-0.2, 0) is 4.79 Å². The fourth-order valence-electron chi connectivity index (χ4n) is 2.94. The predicted octanol–water partition coefficient (Wildman–Crippen LogP) is 2.55. The number of halogens is 1. The largest absolute Gasteiger partial charge is 0.302 e. The van der Waals surface area contributed by atoms with Gasteiger partial charge in [-0.25, -0.2) is 4.39 Å². The third-order valence-corrected chi connectivity index (χ3v) is 3.86. The molecule has 1 aliphatic heterocycles. The summed E-state index contributed by atoms with van der Waals surface area (Å²) < 4.78 is 13.8. The highest BCUT2D eigenvalue weighted by Crippen LogP contribution is 2.34. The third-order valence-electron chi connectivity index (χ3n) is 3.86. The van der Waals surface area contributed by atoms with Crippen LogP contribution >= 0.6 is 0 Å². The number of benzene rings is 1. The van der Waals surface area contributed by atoms with Gasteiger partial charge in [-0.1, -0.05) is 18.9 Å². The molecule has 18 heavy (non-hydrogen) atoms. The molecule has 0 atom stereocenters. The van der Waals surface area contributed by atoms with E-state index in [4.69, 9.17) is 0 Å². The first-order chi connectivity index (χ1) is 8.68. The van der Waals surface area contributed by atoms with Crippen LogP contribution in [0.4, 0.5) is 10.1 Å². The Morgan fingerprint density at radius 2 is 1.94 bits per heavy atom. The lowest BCUT2D eigenvalue weighted by atomic mass is 10.1. The minimum atomic E-state index is -0.581. The van der Waals surface area contributed by atoms with Crippen LogP contribution in [0, 0.1) is 11.7 Å². The SMILES string of the molecule is O=C1C(=O)N(CC2CCCC2)c2c(F)cccc21. The van der Waals surface area contributed by atoms with Gasteiger partial charge >= 0.3 is 0 Å². The molecule has 1 amide bonds. The van der Waals surface area contributed by atoms with Crippen molar-refractivity contribution in [3.63, 3.8) is 0 Å². The molecule has 94 valence electrons. The maximum atomic E-state index is 13.8. The van der Waals surface area contributed by atoms with E-state index in [0.717, 1.165) is 25.7 Å². The summed E-state index contributed by atoms with van der Waals surface area (Å²) in [5, 5.41) is 0. The molecule has 0 bridgehead atoms. The van der Waals surface area contributed by atoms with Crippen LogP contribution in [0.5, 0.6) is 0 Å². The van der Waals surface area contributed by atoms with Gasteiger partial charge in [0.25, 0.3) is 11.7 Å². The van der Waals surface area contributed by atoms with Crippen molar-refractivity contribution in [1.29, 1.82) is 0 Å². The topological polar surface area (TPSA) is 37.4 Å². The molecule has 2 aliphatic rings. The van der Waals surface area contributed by atoms with E-state index in [-0.39, 0.29) is 11.3 Å². The van der Waals surface area contributed by atoms with Gasteiger partial charge in [0.05, 0.1) is 11.3 Å². The summed E-state index contributed by atoms with van der Waals surface area (Å²) >= 11 is 0. The van der Waals surface area contributed by atoms with Gasteiger partial charge in [0, 0.05) is 6.54 Å². The van der Waals surface area contributed by atoms with Crippen LogP contribution < -0.4 is 4.90 Å². The first-order valence-corrected chi connectivity index (χ1v) is 6.33. The Bertz CT molecular complexity index is 521. The van der Waals surface area contributed by atoms with Gasteiger partial charge < -0.3 is 4.90 Å².